The molecule has 3 aliphatic heterocycles. The van der Waals surface area contributed by atoms with Gasteiger partial charge < -0.3 is 10.6 Å². The zero-order valence-corrected chi connectivity index (χ0v) is 12.8. The zero-order chi connectivity index (χ0) is 15.2. The molecule has 3 fully saturated rings. The van der Waals surface area contributed by atoms with Gasteiger partial charge in [0, 0.05) is 12.6 Å². The number of sulfonamides is 1. The summed E-state index contributed by atoms with van der Waals surface area (Å²) in [4.78, 5) is 2.31. The van der Waals surface area contributed by atoms with Crippen molar-refractivity contribution in [1.29, 1.82) is 0 Å². The van der Waals surface area contributed by atoms with Crippen LogP contribution in [0.4, 0.5) is 10.1 Å². The quantitative estimate of drug-likeness (QED) is 0.819. The molecular weight excluding hydrogens is 293 g/mol. The maximum atomic E-state index is 13.5. The molecule has 2 bridgehead atoms. The Kier molecular flexibility index (Phi) is 3.67. The standard InChI is InChI=1S/C14H20FN3O2S/c1-9-6-11(7-12(16)14(9)15)21(19,20)17-13-8-18-4-2-10(13)3-5-18/h6-7,10,13,17H,2-5,8,16H2,1H3. The second kappa shape index (κ2) is 5.23. The number of nitrogens with two attached hydrogens (primary N) is 1. The van der Waals surface area contributed by atoms with Gasteiger partial charge in [-0.1, -0.05) is 0 Å². The summed E-state index contributed by atoms with van der Waals surface area (Å²) in [6.45, 7) is 4.36. The fourth-order valence-electron chi connectivity index (χ4n) is 3.28. The first kappa shape index (κ1) is 14.7. The van der Waals surface area contributed by atoms with E-state index >= 15 is 0 Å². The van der Waals surface area contributed by atoms with E-state index in [0.717, 1.165) is 32.5 Å². The van der Waals surface area contributed by atoms with E-state index in [1.807, 2.05) is 0 Å². The SMILES string of the molecule is Cc1cc(S(=O)(=O)NC2CN3CCC2CC3)cc(N)c1F. The normalized spacial score (nSPS) is 28.8. The van der Waals surface area contributed by atoms with Crippen molar-refractivity contribution in [2.75, 3.05) is 25.4 Å². The largest absolute Gasteiger partial charge is 0.396 e. The van der Waals surface area contributed by atoms with E-state index in [-0.39, 0.29) is 22.2 Å². The molecule has 3 heterocycles. The number of halogens is 1. The van der Waals surface area contributed by atoms with Gasteiger partial charge in [0.1, 0.15) is 5.82 Å². The van der Waals surface area contributed by atoms with Crippen molar-refractivity contribution in [3.63, 3.8) is 0 Å². The van der Waals surface area contributed by atoms with Gasteiger partial charge in [-0.05, 0) is 56.5 Å². The molecule has 7 heteroatoms. The second-order valence-electron chi connectivity index (χ2n) is 6.01. The van der Waals surface area contributed by atoms with Gasteiger partial charge in [-0.25, -0.2) is 17.5 Å². The number of nitrogen functional groups attached to an aromatic ring is 1. The predicted molar refractivity (Wildman–Crippen MR) is 78.8 cm³/mol. The molecule has 0 amide bonds. The lowest BCUT2D eigenvalue weighted by atomic mass is 9.85. The van der Waals surface area contributed by atoms with E-state index < -0.39 is 15.8 Å². The van der Waals surface area contributed by atoms with Crippen LogP contribution in [0.2, 0.25) is 0 Å². The molecule has 3 saturated heterocycles. The lowest BCUT2D eigenvalue weighted by molar-refractivity contribution is 0.0827. The minimum atomic E-state index is -3.67. The topological polar surface area (TPSA) is 75.4 Å². The van der Waals surface area contributed by atoms with Crippen LogP contribution >= 0.6 is 0 Å². The van der Waals surface area contributed by atoms with Gasteiger partial charge in [0.2, 0.25) is 10.0 Å². The number of aryl methyl sites for hydroxylation is 1. The molecule has 3 N–H and O–H groups in total. The summed E-state index contributed by atoms with van der Waals surface area (Å²) in [6, 6.07) is 2.45. The van der Waals surface area contributed by atoms with Crippen molar-refractivity contribution in [2.45, 2.75) is 30.7 Å². The Bertz CT molecular complexity index is 631. The van der Waals surface area contributed by atoms with Gasteiger partial charge in [-0.15, -0.1) is 0 Å². The lowest BCUT2D eigenvalue weighted by Gasteiger charge is -2.44. The maximum absolute atomic E-state index is 13.5. The highest BCUT2D eigenvalue weighted by Gasteiger charge is 2.36. The molecule has 1 unspecified atom stereocenters. The molecule has 0 aliphatic carbocycles. The number of anilines is 1. The number of hydrogen-bond acceptors (Lipinski definition) is 4. The fourth-order valence-corrected chi connectivity index (χ4v) is 4.70. The molecule has 3 aliphatic rings. The van der Waals surface area contributed by atoms with E-state index in [2.05, 4.69) is 9.62 Å². The summed E-state index contributed by atoms with van der Waals surface area (Å²) in [5.74, 6) is -0.166. The summed E-state index contributed by atoms with van der Waals surface area (Å²) >= 11 is 0. The minimum Gasteiger partial charge on any atom is -0.396 e. The van der Waals surface area contributed by atoms with Crippen LogP contribution in [0, 0.1) is 18.7 Å². The van der Waals surface area contributed by atoms with Crippen LogP contribution < -0.4 is 10.5 Å². The molecule has 1 atom stereocenters. The van der Waals surface area contributed by atoms with Crippen molar-refractivity contribution < 1.29 is 12.8 Å². The zero-order valence-electron chi connectivity index (χ0n) is 12.0. The Hall–Kier alpha value is -1.18. The van der Waals surface area contributed by atoms with Gasteiger partial charge in [0.05, 0.1) is 10.6 Å². The average Bonchev–Trinajstić information content (AvgIpc) is 2.45. The summed E-state index contributed by atoms with van der Waals surface area (Å²) in [5, 5.41) is 0. The Morgan fingerprint density at radius 3 is 2.52 bits per heavy atom. The minimum absolute atomic E-state index is 0.0374. The summed E-state index contributed by atoms with van der Waals surface area (Å²) < 4.78 is 41.3. The number of fused-ring (bicyclic) bond motifs is 3. The molecule has 5 nitrogen and oxygen atoms in total. The third-order valence-electron chi connectivity index (χ3n) is 4.53. The van der Waals surface area contributed by atoms with E-state index in [1.165, 1.54) is 19.1 Å². The Balaban J connectivity index is 1.84. The highest BCUT2D eigenvalue weighted by Crippen LogP contribution is 2.29. The van der Waals surface area contributed by atoms with E-state index in [0.29, 0.717) is 5.92 Å². The predicted octanol–water partition coefficient (Wildman–Crippen LogP) is 1.09. The van der Waals surface area contributed by atoms with Gasteiger partial charge in [-0.3, -0.25) is 0 Å². The number of nitrogens with zero attached hydrogens (tertiary/aromatic N) is 1. The van der Waals surface area contributed by atoms with Crippen LogP contribution in [-0.4, -0.2) is 39.0 Å². The van der Waals surface area contributed by atoms with Gasteiger partial charge in [-0.2, -0.15) is 0 Å². The number of nitrogens with one attached hydrogen (secondary N) is 1. The third kappa shape index (κ3) is 2.77. The van der Waals surface area contributed by atoms with Crippen molar-refractivity contribution in [2.24, 2.45) is 5.92 Å². The van der Waals surface area contributed by atoms with Crippen LogP contribution in [0.5, 0.6) is 0 Å². The van der Waals surface area contributed by atoms with Gasteiger partial charge in [0.25, 0.3) is 0 Å². The molecule has 1 aromatic carbocycles. The van der Waals surface area contributed by atoms with Crippen LogP contribution in [-0.2, 0) is 10.0 Å². The smallest absolute Gasteiger partial charge is 0.240 e. The first-order valence-electron chi connectivity index (χ1n) is 7.17. The molecule has 0 radical (unpaired) electrons. The van der Waals surface area contributed by atoms with E-state index in [1.54, 1.807) is 0 Å². The van der Waals surface area contributed by atoms with Crippen LogP contribution in [0.15, 0.2) is 17.0 Å². The fraction of sp³-hybridized carbons (Fsp3) is 0.571. The summed E-state index contributed by atoms with van der Waals surface area (Å²) in [7, 11) is -3.67. The highest BCUT2D eigenvalue weighted by molar-refractivity contribution is 7.89. The molecular formula is C14H20FN3O2S. The number of hydrogen-bond donors (Lipinski definition) is 2. The molecule has 116 valence electrons. The van der Waals surface area contributed by atoms with Crippen molar-refractivity contribution >= 4 is 15.7 Å². The van der Waals surface area contributed by atoms with E-state index in [9.17, 15) is 12.8 Å². The summed E-state index contributed by atoms with van der Waals surface area (Å²) in [5.41, 5.74) is 5.64. The number of benzene rings is 1. The molecule has 0 spiro atoms. The third-order valence-corrected chi connectivity index (χ3v) is 6.00. The Labute approximate surface area is 124 Å². The summed E-state index contributed by atoms with van der Waals surface area (Å²) in [6.07, 6.45) is 2.05. The van der Waals surface area contributed by atoms with E-state index in [4.69, 9.17) is 5.73 Å². The van der Waals surface area contributed by atoms with Crippen molar-refractivity contribution in [3.8, 4) is 0 Å². The van der Waals surface area contributed by atoms with Crippen LogP contribution in [0.25, 0.3) is 0 Å². The van der Waals surface area contributed by atoms with Gasteiger partial charge in [0.15, 0.2) is 0 Å². The molecule has 4 rings (SSSR count). The Morgan fingerprint density at radius 1 is 1.33 bits per heavy atom. The monoisotopic (exact) mass is 313 g/mol. The maximum Gasteiger partial charge on any atom is 0.240 e. The molecule has 1 aromatic rings. The molecule has 0 saturated carbocycles. The number of piperidine rings is 3. The van der Waals surface area contributed by atoms with Gasteiger partial charge >= 0.3 is 0 Å². The van der Waals surface area contributed by atoms with Crippen LogP contribution in [0.3, 0.4) is 0 Å². The first-order valence-corrected chi connectivity index (χ1v) is 8.65. The van der Waals surface area contributed by atoms with Crippen LogP contribution in [0.1, 0.15) is 18.4 Å². The lowest BCUT2D eigenvalue weighted by Crippen LogP contribution is -2.57. The molecule has 0 aromatic heterocycles. The molecule has 21 heavy (non-hydrogen) atoms. The first-order chi connectivity index (χ1) is 9.87. The number of rotatable bonds is 3. The second-order valence-corrected chi connectivity index (χ2v) is 7.72. The van der Waals surface area contributed by atoms with Crippen molar-refractivity contribution in [1.82, 2.24) is 9.62 Å². The highest BCUT2D eigenvalue weighted by atomic mass is 32.2. The Morgan fingerprint density at radius 2 is 2.00 bits per heavy atom. The average molecular weight is 313 g/mol. The van der Waals surface area contributed by atoms with Crippen molar-refractivity contribution in [3.05, 3.63) is 23.5 Å².